The second kappa shape index (κ2) is 11.9. The number of aliphatic imine (C=N–C) groups is 1. The van der Waals surface area contributed by atoms with E-state index in [1.54, 1.807) is 20.8 Å². The molecule has 1 heterocycles. The van der Waals surface area contributed by atoms with E-state index in [0.29, 0.717) is 25.6 Å². The van der Waals surface area contributed by atoms with Crippen molar-refractivity contribution in [3.05, 3.63) is 18.2 Å². The average Bonchev–Trinajstić information content (AvgIpc) is 2.96. The number of halogens is 3. The van der Waals surface area contributed by atoms with E-state index in [1.165, 1.54) is 12.4 Å². The van der Waals surface area contributed by atoms with E-state index in [4.69, 9.17) is 4.74 Å². The molecule has 0 aliphatic carbocycles. The van der Waals surface area contributed by atoms with Crippen LogP contribution in [0.2, 0.25) is 0 Å². The van der Waals surface area contributed by atoms with E-state index >= 15 is 0 Å². The lowest BCUT2D eigenvalue weighted by molar-refractivity contribution is 0.0528. The maximum atomic E-state index is 12.8. The van der Waals surface area contributed by atoms with Crippen LogP contribution >= 0.6 is 24.0 Å². The second-order valence-corrected chi connectivity index (χ2v) is 6.08. The number of amides is 1. The van der Waals surface area contributed by atoms with Gasteiger partial charge in [0.15, 0.2) is 5.96 Å². The molecule has 1 aromatic rings. The molecule has 1 rings (SSSR count). The standard InChI is InChI=1S/C15H26F2N6O2.HI/c1-5-18-13(20-6-7-21-14(24)25-15(2,3)4)22-10-11-19-8-9-23(11)12(16)17;/h8-9,12H,5-7,10H2,1-4H3,(H,21,24)(H2,18,20,22);1H. The smallest absolute Gasteiger partial charge is 0.407 e. The zero-order valence-electron chi connectivity index (χ0n) is 15.4. The van der Waals surface area contributed by atoms with E-state index in [-0.39, 0.29) is 36.3 Å². The summed E-state index contributed by atoms with van der Waals surface area (Å²) in [5.41, 5.74) is -0.555. The predicted octanol–water partition coefficient (Wildman–Crippen LogP) is 2.48. The van der Waals surface area contributed by atoms with Gasteiger partial charge in [-0.15, -0.1) is 24.0 Å². The highest BCUT2D eigenvalue weighted by molar-refractivity contribution is 14.0. The quantitative estimate of drug-likeness (QED) is 0.238. The Labute approximate surface area is 169 Å². The van der Waals surface area contributed by atoms with E-state index in [1.807, 2.05) is 6.92 Å². The van der Waals surface area contributed by atoms with Crippen molar-refractivity contribution < 1.29 is 18.3 Å². The minimum atomic E-state index is -2.65. The summed E-state index contributed by atoms with van der Waals surface area (Å²) in [7, 11) is 0. The van der Waals surface area contributed by atoms with Gasteiger partial charge in [-0.25, -0.2) is 14.8 Å². The van der Waals surface area contributed by atoms with E-state index < -0.39 is 18.2 Å². The maximum Gasteiger partial charge on any atom is 0.407 e. The third-order valence-electron chi connectivity index (χ3n) is 2.77. The lowest BCUT2D eigenvalue weighted by atomic mass is 10.2. The Balaban J connectivity index is 0.00000625. The van der Waals surface area contributed by atoms with Gasteiger partial charge in [-0.2, -0.15) is 8.78 Å². The fourth-order valence-corrected chi connectivity index (χ4v) is 1.80. The molecule has 8 nitrogen and oxygen atoms in total. The summed E-state index contributed by atoms with van der Waals surface area (Å²) >= 11 is 0. The van der Waals surface area contributed by atoms with Crippen molar-refractivity contribution in [1.29, 1.82) is 0 Å². The highest BCUT2D eigenvalue weighted by Gasteiger charge is 2.15. The number of nitrogens with one attached hydrogen (secondary N) is 3. The molecule has 0 unspecified atom stereocenters. The first-order chi connectivity index (χ1) is 11.7. The third-order valence-corrected chi connectivity index (χ3v) is 2.77. The fraction of sp³-hybridized carbons (Fsp3) is 0.667. The summed E-state index contributed by atoms with van der Waals surface area (Å²) < 4.78 is 31.4. The fourth-order valence-electron chi connectivity index (χ4n) is 1.80. The molecule has 0 aromatic carbocycles. The molecular weight excluding hydrogens is 461 g/mol. The van der Waals surface area contributed by atoms with Gasteiger partial charge in [0.2, 0.25) is 0 Å². The van der Waals surface area contributed by atoms with E-state index in [9.17, 15) is 13.6 Å². The highest BCUT2D eigenvalue weighted by Crippen LogP contribution is 2.12. The number of hydrogen-bond acceptors (Lipinski definition) is 4. The number of nitrogens with zero attached hydrogens (tertiary/aromatic N) is 3. The summed E-state index contributed by atoms with van der Waals surface area (Å²) in [5, 5.41) is 8.59. The Kier molecular flexibility index (Phi) is 11.1. The van der Waals surface area contributed by atoms with Gasteiger partial charge in [0.1, 0.15) is 18.0 Å². The number of guanidine groups is 1. The van der Waals surface area contributed by atoms with E-state index in [2.05, 4.69) is 25.9 Å². The lowest BCUT2D eigenvalue weighted by Gasteiger charge is -2.19. The molecule has 3 N–H and O–H groups in total. The summed E-state index contributed by atoms with van der Waals surface area (Å²) in [6, 6.07) is 0. The van der Waals surface area contributed by atoms with Gasteiger partial charge in [0, 0.05) is 32.0 Å². The minimum absolute atomic E-state index is 0. The molecule has 0 aliphatic rings. The average molecular weight is 488 g/mol. The largest absolute Gasteiger partial charge is 0.444 e. The van der Waals surface area contributed by atoms with Crippen molar-refractivity contribution in [3.63, 3.8) is 0 Å². The van der Waals surface area contributed by atoms with Crippen LogP contribution in [0, 0.1) is 0 Å². The molecule has 0 saturated heterocycles. The van der Waals surface area contributed by atoms with Gasteiger partial charge in [-0.3, -0.25) is 4.57 Å². The lowest BCUT2D eigenvalue weighted by Crippen LogP contribution is -2.42. The normalized spacial score (nSPS) is 11.7. The second-order valence-electron chi connectivity index (χ2n) is 6.08. The van der Waals surface area contributed by atoms with Crippen molar-refractivity contribution in [1.82, 2.24) is 25.5 Å². The maximum absolute atomic E-state index is 12.8. The number of rotatable bonds is 7. The molecule has 1 amide bonds. The van der Waals surface area contributed by atoms with Crippen molar-refractivity contribution in [2.45, 2.75) is 46.4 Å². The molecule has 0 fully saturated rings. The first kappa shape index (κ1) is 24.3. The van der Waals surface area contributed by atoms with Crippen LogP contribution in [0.25, 0.3) is 0 Å². The van der Waals surface area contributed by atoms with Crippen molar-refractivity contribution in [2.75, 3.05) is 19.6 Å². The first-order valence-electron chi connectivity index (χ1n) is 8.02. The molecular formula is C15H27F2IN6O2. The Morgan fingerprint density at radius 1 is 1.31 bits per heavy atom. The minimum Gasteiger partial charge on any atom is -0.444 e. The van der Waals surface area contributed by atoms with Crippen LogP contribution in [0.15, 0.2) is 17.4 Å². The van der Waals surface area contributed by atoms with Gasteiger partial charge in [0.05, 0.1) is 0 Å². The van der Waals surface area contributed by atoms with E-state index in [0.717, 1.165) is 4.57 Å². The third kappa shape index (κ3) is 9.73. The topological polar surface area (TPSA) is 92.6 Å². The first-order valence-corrected chi connectivity index (χ1v) is 8.02. The molecule has 26 heavy (non-hydrogen) atoms. The van der Waals surface area contributed by atoms with Crippen molar-refractivity contribution >= 4 is 36.0 Å². The number of alkyl carbamates (subject to hydrolysis) is 1. The summed E-state index contributed by atoms with van der Waals surface area (Å²) in [5.74, 6) is 0.608. The summed E-state index contributed by atoms with van der Waals surface area (Å²) in [4.78, 5) is 19.6. The van der Waals surface area contributed by atoms with Gasteiger partial charge in [-0.1, -0.05) is 0 Å². The van der Waals surface area contributed by atoms with Crippen molar-refractivity contribution in [2.24, 2.45) is 4.99 Å². The number of carbonyl (C=O) groups is 1. The number of carbonyl (C=O) groups excluding carboxylic acids is 1. The summed E-state index contributed by atoms with van der Waals surface area (Å²) in [6.45, 7) is 5.91. The van der Waals surface area contributed by atoms with Crippen LogP contribution in [-0.2, 0) is 11.3 Å². The monoisotopic (exact) mass is 488 g/mol. The van der Waals surface area contributed by atoms with Gasteiger partial charge in [-0.05, 0) is 27.7 Å². The van der Waals surface area contributed by atoms with Gasteiger partial charge < -0.3 is 20.7 Å². The Bertz CT molecular complexity index is 575. The zero-order valence-corrected chi connectivity index (χ0v) is 17.7. The molecule has 0 atom stereocenters. The molecule has 11 heteroatoms. The number of alkyl halides is 2. The molecule has 0 radical (unpaired) electrons. The molecule has 0 aliphatic heterocycles. The van der Waals surface area contributed by atoms with Gasteiger partial charge >= 0.3 is 12.6 Å². The van der Waals surface area contributed by atoms with Crippen LogP contribution in [0.3, 0.4) is 0 Å². The van der Waals surface area contributed by atoms with Crippen LogP contribution < -0.4 is 16.0 Å². The zero-order chi connectivity index (χ0) is 18.9. The molecule has 0 bridgehead atoms. The number of imidazole rings is 1. The predicted molar refractivity (Wildman–Crippen MR) is 106 cm³/mol. The Morgan fingerprint density at radius 2 is 1.96 bits per heavy atom. The van der Waals surface area contributed by atoms with Crippen LogP contribution in [0.5, 0.6) is 0 Å². The Morgan fingerprint density at radius 3 is 2.54 bits per heavy atom. The van der Waals surface area contributed by atoms with Gasteiger partial charge in [0.25, 0.3) is 0 Å². The molecule has 0 spiro atoms. The number of ether oxygens (including phenoxy) is 1. The molecule has 150 valence electrons. The Hall–Kier alpha value is -1.66. The van der Waals surface area contributed by atoms with Crippen LogP contribution in [-0.4, -0.2) is 46.8 Å². The summed E-state index contributed by atoms with van der Waals surface area (Å²) in [6.07, 6.45) is 2.01. The van der Waals surface area contributed by atoms with Crippen LogP contribution in [0.1, 0.15) is 40.1 Å². The SMILES string of the molecule is CCNC(=NCc1nccn1C(F)F)NCCNC(=O)OC(C)(C)C.I. The number of aromatic nitrogens is 2. The molecule has 0 saturated carbocycles. The van der Waals surface area contributed by atoms with Crippen LogP contribution in [0.4, 0.5) is 13.6 Å². The molecule has 1 aromatic heterocycles. The highest BCUT2D eigenvalue weighted by atomic mass is 127. The van der Waals surface area contributed by atoms with Crippen molar-refractivity contribution in [3.8, 4) is 0 Å². The number of hydrogen-bond donors (Lipinski definition) is 3.